The van der Waals surface area contributed by atoms with Gasteiger partial charge in [0, 0.05) is 17.1 Å². The Kier molecular flexibility index (Phi) is 11.2. The van der Waals surface area contributed by atoms with Crippen molar-refractivity contribution in [1.29, 1.82) is 0 Å². The minimum absolute atomic E-state index is 0.284. The van der Waals surface area contributed by atoms with Gasteiger partial charge in [-0.3, -0.25) is 0 Å². The van der Waals surface area contributed by atoms with Crippen LogP contribution in [0.5, 0.6) is 0 Å². The Morgan fingerprint density at radius 2 is 0.736 bits per heavy atom. The molecule has 0 bridgehead atoms. The summed E-state index contributed by atoms with van der Waals surface area (Å²) in [6.45, 7) is 0. The maximum Gasteiger partial charge on any atom is 0.0468 e. The summed E-state index contributed by atoms with van der Waals surface area (Å²) in [4.78, 5) is 2.43. The maximum atomic E-state index is 2.43. The fourth-order valence-electron chi connectivity index (χ4n) is 11.4. The number of rotatable bonds is 9. The van der Waals surface area contributed by atoms with Gasteiger partial charge in [-0.25, -0.2) is 0 Å². The average Bonchev–Trinajstić information content (AvgIpc) is 3.63. The number of hydrogen-bond donors (Lipinski definition) is 0. The Balaban J connectivity index is 0.982. The van der Waals surface area contributed by atoms with E-state index in [9.17, 15) is 0 Å². The van der Waals surface area contributed by atoms with Gasteiger partial charge < -0.3 is 4.90 Å². The SMILES string of the molecule is c1ccc(-c2ccc(N(c3ccc(-c4cc5ccccc5c5ccccc45)cc3)c3ccc(-c4ccccc4C4Cc5ccccc5-c5ccccc5C4)c(-c4cccc(-c5ccccc5)c4)c3)cc2)cc1. The van der Waals surface area contributed by atoms with Crippen molar-refractivity contribution in [3.8, 4) is 66.8 Å². The van der Waals surface area contributed by atoms with Gasteiger partial charge in [-0.1, -0.05) is 231 Å². The molecule has 12 aromatic carbocycles. The zero-order chi connectivity index (χ0) is 47.8. The summed E-state index contributed by atoms with van der Waals surface area (Å²) < 4.78 is 0. The summed E-state index contributed by atoms with van der Waals surface area (Å²) in [5.41, 5.74) is 22.2. The molecule has 12 aromatic rings. The molecule has 1 heteroatoms. The van der Waals surface area contributed by atoms with Gasteiger partial charge in [-0.05, 0) is 172 Å². The summed E-state index contributed by atoms with van der Waals surface area (Å²) in [7, 11) is 0. The quantitative estimate of drug-likeness (QED) is 0.130. The standard InChI is InChI=1S/C71H51N/c1-3-18-49(19-4-1)51-34-38-59(39-35-51)72(60-40-36-52(37-41-60)70-47-57-24-9-12-29-64(57)66-31-15-16-33-68(66)70)61-42-43-69(71(48-61)56-26-17-25-53(44-56)50-20-5-2-6-21-50)67-32-14-13-30-65(67)58-45-54-22-7-10-27-62(54)63-28-11-8-23-55(63)46-58/h1-44,47-48,58H,45-46H2. The Morgan fingerprint density at radius 3 is 1.42 bits per heavy atom. The van der Waals surface area contributed by atoms with Gasteiger partial charge in [0.05, 0.1) is 0 Å². The Hall–Kier alpha value is -9.04. The van der Waals surface area contributed by atoms with Crippen LogP contribution in [0.4, 0.5) is 17.1 Å². The van der Waals surface area contributed by atoms with E-state index in [4.69, 9.17) is 0 Å². The van der Waals surface area contributed by atoms with E-state index >= 15 is 0 Å². The van der Waals surface area contributed by atoms with Gasteiger partial charge >= 0.3 is 0 Å². The van der Waals surface area contributed by atoms with Crippen LogP contribution >= 0.6 is 0 Å². The second kappa shape index (κ2) is 18.7. The largest absolute Gasteiger partial charge is 0.310 e. The third kappa shape index (κ3) is 8.05. The van der Waals surface area contributed by atoms with Crippen LogP contribution in [0.3, 0.4) is 0 Å². The van der Waals surface area contributed by atoms with Crippen LogP contribution in [-0.4, -0.2) is 0 Å². The first-order chi connectivity index (χ1) is 35.7. The molecule has 340 valence electrons. The fourth-order valence-corrected chi connectivity index (χ4v) is 11.4. The van der Waals surface area contributed by atoms with E-state index in [0.717, 1.165) is 29.9 Å². The molecule has 1 aliphatic rings. The normalized spacial score (nSPS) is 12.3. The fraction of sp³-hybridized carbons (Fsp3) is 0.0423. The van der Waals surface area contributed by atoms with E-state index < -0.39 is 0 Å². The Morgan fingerprint density at radius 1 is 0.250 bits per heavy atom. The van der Waals surface area contributed by atoms with E-state index in [1.807, 2.05) is 0 Å². The van der Waals surface area contributed by atoms with Gasteiger partial charge in [0.2, 0.25) is 0 Å². The van der Waals surface area contributed by atoms with Gasteiger partial charge in [-0.2, -0.15) is 0 Å². The molecule has 72 heavy (non-hydrogen) atoms. The molecule has 0 saturated heterocycles. The third-order valence-corrected chi connectivity index (χ3v) is 14.9. The highest BCUT2D eigenvalue weighted by Crippen LogP contribution is 2.46. The average molecular weight is 918 g/mol. The first-order valence-electron chi connectivity index (χ1n) is 25.2. The van der Waals surface area contributed by atoms with Crippen LogP contribution in [0.2, 0.25) is 0 Å². The Bertz CT molecular complexity index is 3860. The molecule has 0 aromatic heterocycles. The first kappa shape index (κ1) is 43.0. The lowest BCUT2D eigenvalue weighted by Crippen LogP contribution is -2.11. The number of fused-ring (bicyclic) bond motifs is 6. The van der Waals surface area contributed by atoms with Crippen molar-refractivity contribution in [3.63, 3.8) is 0 Å². The molecule has 0 saturated carbocycles. The molecular weight excluding hydrogens is 867 g/mol. The van der Waals surface area contributed by atoms with Crippen LogP contribution in [0, 0.1) is 0 Å². The van der Waals surface area contributed by atoms with Crippen LogP contribution in [0.25, 0.3) is 88.3 Å². The zero-order valence-electron chi connectivity index (χ0n) is 40.0. The second-order valence-corrected chi connectivity index (χ2v) is 19.2. The predicted octanol–water partition coefficient (Wildman–Crippen LogP) is 19.3. The number of nitrogens with zero attached hydrogens (tertiary/aromatic N) is 1. The van der Waals surface area contributed by atoms with Crippen LogP contribution in [-0.2, 0) is 12.8 Å². The lowest BCUT2D eigenvalue weighted by molar-refractivity contribution is 0.690. The molecule has 0 fully saturated rings. The van der Waals surface area contributed by atoms with Gasteiger partial charge in [0.15, 0.2) is 0 Å². The minimum Gasteiger partial charge on any atom is -0.310 e. The molecule has 0 heterocycles. The third-order valence-electron chi connectivity index (χ3n) is 14.9. The van der Waals surface area contributed by atoms with E-state index in [1.165, 1.54) is 105 Å². The van der Waals surface area contributed by atoms with Gasteiger partial charge in [0.1, 0.15) is 0 Å². The lowest BCUT2D eigenvalue weighted by atomic mass is 9.82. The summed E-state index contributed by atoms with van der Waals surface area (Å²) in [5, 5.41) is 5.05. The lowest BCUT2D eigenvalue weighted by Gasteiger charge is -2.28. The van der Waals surface area contributed by atoms with Crippen molar-refractivity contribution in [2.75, 3.05) is 4.90 Å². The topological polar surface area (TPSA) is 3.24 Å². The van der Waals surface area contributed by atoms with E-state index in [0.29, 0.717) is 0 Å². The maximum absolute atomic E-state index is 2.43. The van der Waals surface area contributed by atoms with Crippen molar-refractivity contribution >= 4 is 38.6 Å². The van der Waals surface area contributed by atoms with Crippen LogP contribution in [0.1, 0.15) is 22.6 Å². The highest BCUT2D eigenvalue weighted by atomic mass is 15.1. The predicted molar refractivity (Wildman–Crippen MR) is 305 cm³/mol. The minimum atomic E-state index is 0.284. The monoisotopic (exact) mass is 917 g/mol. The molecule has 0 spiro atoms. The molecule has 0 aliphatic heterocycles. The van der Waals surface area contributed by atoms with Gasteiger partial charge in [0.25, 0.3) is 0 Å². The van der Waals surface area contributed by atoms with Gasteiger partial charge in [-0.15, -0.1) is 0 Å². The summed E-state index contributed by atoms with van der Waals surface area (Å²) in [6.07, 6.45) is 1.94. The number of anilines is 3. The van der Waals surface area contributed by atoms with Crippen molar-refractivity contribution in [2.24, 2.45) is 0 Å². The highest BCUT2D eigenvalue weighted by Gasteiger charge is 2.26. The van der Waals surface area contributed by atoms with Crippen molar-refractivity contribution in [1.82, 2.24) is 0 Å². The highest BCUT2D eigenvalue weighted by molar-refractivity contribution is 6.13. The van der Waals surface area contributed by atoms with E-state index in [-0.39, 0.29) is 5.92 Å². The molecule has 0 atom stereocenters. The molecule has 1 aliphatic carbocycles. The van der Waals surface area contributed by atoms with Crippen LogP contribution < -0.4 is 4.90 Å². The second-order valence-electron chi connectivity index (χ2n) is 19.2. The molecule has 13 rings (SSSR count). The summed E-state index contributed by atoms with van der Waals surface area (Å²) >= 11 is 0. The molecule has 1 nitrogen and oxygen atoms in total. The van der Waals surface area contributed by atoms with Crippen LogP contribution in [0.15, 0.2) is 279 Å². The van der Waals surface area contributed by atoms with Crippen molar-refractivity contribution in [3.05, 3.63) is 296 Å². The van der Waals surface area contributed by atoms with Crippen molar-refractivity contribution < 1.29 is 0 Å². The molecule has 0 radical (unpaired) electrons. The zero-order valence-corrected chi connectivity index (χ0v) is 40.0. The number of hydrogen-bond acceptors (Lipinski definition) is 1. The van der Waals surface area contributed by atoms with E-state index in [1.54, 1.807) is 0 Å². The summed E-state index contributed by atoms with van der Waals surface area (Å²) in [6, 6.07) is 103. The molecule has 0 amide bonds. The number of benzene rings is 12. The Labute approximate surface area is 422 Å². The van der Waals surface area contributed by atoms with E-state index in [2.05, 4.69) is 284 Å². The smallest absolute Gasteiger partial charge is 0.0468 e. The first-order valence-corrected chi connectivity index (χ1v) is 25.2. The molecular formula is C71H51N. The summed E-state index contributed by atoms with van der Waals surface area (Å²) in [5.74, 6) is 0.284. The molecule has 0 N–H and O–H groups in total. The van der Waals surface area contributed by atoms with Crippen molar-refractivity contribution in [2.45, 2.75) is 18.8 Å². The molecule has 0 unspecified atom stereocenters.